The summed E-state index contributed by atoms with van der Waals surface area (Å²) in [4.78, 5) is 11.2. The largest absolute Gasteiger partial charge is 0.327 e. The fraction of sp³-hybridized carbons (Fsp3) is 0.375. The molecule has 3 nitrogen and oxygen atoms in total. The average Bonchev–Trinajstić information content (AvgIpc) is 3.23. The van der Waals surface area contributed by atoms with E-state index in [2.05, 4.69) is 48.0 Å². The quantitative estimate of drug-likeness (QED) is 0.777. The highest BCUT2D eigenvalue weighted by Crippen LogP contribution is 2.39. The zero-order valence-corrected chi connectivity index (χ0v) is 12.6. The highest BCUT2D eigenvalue weighted by Gasteiger charge is 2.27. The predicted molar refractivity (Wildman–Crippen MR) is 82.9 cm³/mol. The molecule has 0 amide bonds. The molecule has 0 saturated heterocycles. The van der Waals surface area contributed by atoms with Crippen molar-refractivity contribution in [2.45, 2.75) is 32.6 Å². The molecule has 0 bridgehead atoms. The molecule has 2 aromatic rings. The summed E-state index contributed by atoms with van der Waals surface area (Å²) in [6, 6.07) is 10.3. The van der Waals surface area contributed by atoms with Gasteiger partial charge >= 0.3 is 0 Å². The van der Waals surface area contributed by atoms with Crippen molar-refractivity contribution in [3.05, 3.63) is 46.9 Å². The van der Waals surface area contributed by atoms with Gasteiger partial charge in [0.1, 0.15) is 16.8 Å². The molecule has 0 aliphatic heterocycles. The van der Waals surface area contributed by atoms with Gasteiger partial charge in [0.05, 0.1) is 0 Å². The van der Waals surface area contributed by atoms with Crippen molar-refractivity contribution in [3.8, 4) is 0 Å². The first-order valence-corrected chi connectivity index (χ1v) is 7.44. The van der Waals surface area contributed by atoms with Gasteiger partial charge in [-0.05, 0) is 44.4 Å². The van der Waals surface area contributed by atoms with Crippen LogP contribution in [0.1, 0.15) is 37.1 Å². The zero-order valence-electron chi connectivity index (χ0n) is 11.8. The molecule has 1 aromatic heterocycles. The fourth-order valence-electron chi connectivity index (χ4n) is 2.36. The molecule has 104 valence electrons. The average molecular weight is 288 g/mol. The molecule has 1 fully saturated rings. The third-order valence-electron chi connectivity index (χ3n) is 3.55. The first-order chi connectivity index (χ1) is 9.67. The van der Waals surface area contributed by atoms with Crippen molar-refractivity contribution in [1.29, 1.82) is 0 Å². The number of aryl methyl sites for hydroxylation is 1. The molecular weight excluding hydrogens is 270 g/mol. The standard InChI is InChI=1S/C16H18ClN3/c1-3-20(13-6-4-5-11(2)9-13)15-10-14(17)18-16(19-15)12-7-8-12/h4-6,9-10,12H,3,7-8H2,1-2H3. The van der Waals surface area contributed by atoms with Gasteiger partial charge in [0.2, 0.25) is 0 Å². The summed E-state index contributed by atoms with van der Waals surface area (Å²) in [5, 5.41) is 0.531. The minimum Gasteiger partial charge on any atom is -0.327 e. The van der Waals surface area contributed by atoms with E-state index in [4.69, 9.17) is 16.6 Å². The van der Waals surface area contributed by atoms with Gasteiger partial charge in [0.15, 0.2) is 0 Å². The van der Waals surface area contributed by atoms with Gasteiger partial charge in [-0.25, -0.2) is 9.97 Å². The number of rotatable bonds is 4. The molecule has 1 saturated carbocycles. The first kappa shape index (κ1) is 13.4. The van der Waals surface area contributed by atoms with Gasteiger partial charge < -0.3 is 4.90 Å². The van der Waals surface area contributed by atoms with E-state index in [0.29, 0.717) is 11.1 Å². The Morgan fingerprint density at radius 2 is 2.05 bits per heavy atom. The maximum Gasteiger partial charge on any atom is 0.138 e. The minimum atomic E-state index is 0.503. The van der Waals surface area contributed by atoms with Gasteiger partial charge in [-0.1, -0.05) is 23.7 Å². The van der Waals surface area contributed by atoms with Gasteiger partial charge in [0.25, 0.3) is 0 Å². The van der Waals surface area contributed by atoms with Crippen LogP contribution in [-0.2, 0) is 0 Å². The summed E-state index contributed by atoms with van der Waals surface area (Å²) in [7, 11) is 0. The number of hydrogen-bond donors (Lipinski definition) is 0. The number of hydrogen-bond acceptors (Lipinski definition) is 3. The summed E-state index contributed by atoms with van der Waals surface area (Å²) in [5.74, 6) is 2.28. The van der Waals surface area contributed by atoms with Crippen LogP contribution >= 0.6 is 11.6 Å². The van der Waals surface area contributed by atoms with Gasteiger partial charge in [-0.3, -0.25) is 0 Å². The third-order valence-corrected chi connectivity index (χ3v) is 3.74. The molecule has 1 aromatic carbocycles. The molecule has 3 rings (SSSR count). The fourth-order valence-corrected chi connectivity index (χ4v) is 2.54. The summed E-state index contributed by atoms with van der Waals surface area (Å²) in [6.45, 7) is 5.07. The topological polar surface area (TPSA) is 29.0 Å². The minimum absolute atomic E-state index is 0.503. The van der Waals surface area contributed by atoms with Crippen LogP contribution in [-0.4, -0.2) is 16.5 Å². The van der Waals surface area contributed by atoms with Crippen LogP contribution < -0.4 is 4.90 Å². The first-order valence-electron chi connectivity index (χ1n) is 7.06. The summed E-state index contributed by atoms with van der Waals surface area (Å²) >= 11 is 6.16. The van der Waals surface area contributed by atoms with E-state index in [1.54, 1.807) is 0 Å². The molecule has 20 heavy (non-hydrogen) atoms. The molecule has 1 heterocycles. The molecule has 1 aliphatic rings. The van der Waals surface area contributed by atoms with Crippen molar-refractivity contribution in [2.24, 2.45) is 0 Å². The third kappa shape index (κ3) is 2.78. The molecule has 0 spiro atoms. The highest BCUT2D eigenvalue weighted by atomic mass is 35.5. The smallest absolute Gasteiger partial charge is 0.138 e. The molecule has 4 heteroatoms. The van der Waals surface area contributed by atoms with Crippen molar-refractivity contribution in [2.75, 3.05) is 11.4 Å². The molecule has 0 atom stereocenters. The number of nitrogens with zero attached hydrogens (tertiary/aromatic N) is 3. The number of aromatic nitrogens is 2. The molecular formula is C16H18ClN3. The molecule has 0 radical (unpaired) electrons. The monoisotopic (exact) mass is 287 g/mol. The lowest BCUT2D eigenvalue weighted by atomic mass is 10.2. The second kappa shape index (κ2) is 5.41. The van der Waals surface area contributed by atoms with Crippen molar-refractivity contribution < 1.29 is 0 Å². The maximum absolute atomic E-state index is 6.16. The second-order valence-corrected chi connectivity index (χ2v) is 5.65. The lowest BCUT2D eigenvalue weighted by molar-refractivity contribution is 0.894. The van der Waals surface area contributed by atoms with E-state index in [0.717, 1.165) is 23.9 Å². The van der Waals surface area contributed by atoms with Crippen LogP contribution in [0.25, 0.3) is 0 Å². The Morgan fingerprint density at radius 3 is 2.70 bits per heavy atom. The normalized spacial score (nSPS) is 14.3. The van der Waals surface area contributed by atoms with Crippen molar-refractivity contribution in [3.63, 3.8) is 0 Å². The second-order valence-electron chi connectivity index (χ2n) is 5.26. The van der Waals surface area contributed by atoms with Crippen LogP contribution in [0, 0.1) is 6.92 Å². The highest BCUT2D eigenvalue weighted by molar-refractivity contribution is 6.29. The van der Waals surface area contributed by atoms with Crippen LogP contribution in [0.4, 0.5) is 11.5 Å². The van der Waals surface area contributed by atoms with Crippen LogP contribution in [0.2, 0.25) is 5.15 Å². The van der Waals surface area contributed by atoms with Gasteiger partial charge in [-0.15, -0.1) is 0 Å². The zero-order chi connectivity index (χ0) is 14.1. The molecule has 1 aliphatic carbocycles. The van der Waals surface area contributed by atoms with Crippen molar-refractivity contribution in [1.82, 2.24) is 9.97 Å². The summed E-state index contributed by atoms with van der Waals surface area (Å²) in [6.07, 6.45) is 2.35. The Labute approximate surface area is 124 Å². The van der Waals surface area contributed by atoms with Crippen LogP contribution in [0.15, 0.2) is 30.3 Å². The van der Waals surface area contributed by atoms with E-state index in [-0.39, 0.29) is 0 Å². The predicted octanol–water partition coefficient (Wildman–Crippen LogP) is 4.47. The van der Waals surface area contributed by atoms with Gasteiger partial charge in [-0.2, -0.15) is 0 Å². The Morgan fingerprint density at radius 1 is 1.25 bits per heavy atom. The van der Waals surface area contributed by atoms with E-state index in [1.165, 1.54) is 18.4 Å². The van der Waals surface area contributed by atoms with E-state index >= 15 is 0 Å². The number of halogens is 1. The SMILES string of the molecule is CCN(c1cccc(C)c1)c1cc(Cl)nc(C2CC2)n1. The number of benzene rings is 1. The maximum atomic E-state index is 6.16. The molecule has 0 unspecified atom stereocenters. The van der Waals surface area contributed by atoms with E-state index < -0.39 is 0 Å². The van der Waals surface area contributed by atoms with Crippen LogP contribution in [0.5, 0.6) is 0 Å². The lowest BCUT2D eigenvalue weighted by Gasteiger charge is -2.23. The van der Waals surface area contributed by atoms with E-state index in [9.17, 15) is 0 Å². The Balaban J connectivity index is 2.00. The molecule has 0 N–H and O–H groups in total. The lowest BCUT2D eigenvalue weighted by Crippen LogP contribution is -2.18. The Kier molecular flexibility index (Phi) is 3.62. The Hall–Kier alpha value is -1.61. The summed E-state index contributed by atoms with van der Waals surface area (Å²) < 4.78 is 0. The van der Waals surface area contributed by atoms with E-state index in [1.807, 2.05) is 6.07 Å². The van der Waals surface area contributed by atoms with Crippen molar-refractivity contribution >= 4 is 23.1 Å². The van der Waals surface area contributed by atoms with Gasteiger partial charge in [0, 0.05) is 24.2 Å². The Bertz CT molecular complexity index is 623. The van der Waals surface area contributed by atoms with Crippen LogP contribution in [0.3, 0.4) is 0 Å². The summed E-state index contributed by atoms with van der Waals surface area (Å²) in [5.41, 5.74) is 2.38. The number of anilines is 2.